The molecule has 0 fully saturated rings. The molecule has 1 aliphatic carbocycles. The van der Waals surface area contributed by atoms with Gasteiger partial charge in [0.15, 0.2) is 0 Å². The number of hydrogen-bond donors (Lipinski definition) is 1. The van der Waals surface area contributed by atoms with Gasteiger partial charge in [-0.05, 0) is 49.6 Å². The van der Waals surface area contributed by atoms with Crippen molar-refractivity contribution in [3.8, 4) is 5.75 Å². The van der Waals surface area contributed by atoms with Crippen LogP contribution in [0, 0.1) is 6.92 Å². The Kier molecular flexibility index (Phi) is 4.99. The molecule has 3 rings (SSSR count). The lowest BCUT2D eigenvalue weighted by Gasteiger charge is -2.27. The predicted molar refractivity (Wildman–Crippen MR) is 92.8 cm³/mol. The normalized spacial score (nSPS) is 18.0. The third-order valence-corrected chi connectivity index (χ3v) is 4.66. The average molecular weight is 311 g/mol. The fraction of sp³-hybridized carbons (Fsp3) is 0.400. The molecule has 2 aromatic carbocycles. The first kappa shape index (κ1) is 16.0. The highest BCUT2D eigenvalue weighted by atomic mass is 16.5. The number of aliphatic hydroxyl groups excluding tert-OH is 1. The van der Waals surface area contributed by atoms with Gasteiger partial charge in [0.2, 0.25) is 0 Å². The number of aliphatic hydroxyl groups is 1. The van der Waals surface area contributed by atoms with E-state index in [0.717, 1.165) is 24.2 Å². The second-order valence-corrected chi connectivity index (χ2v) is 6.42. The lowest BCUT2D eigenvalue weighted by Crippen LogP contribution is -2.35. The molecule has 0 saturated heterocycles. The summed E-state index contributed by atoms with van der Waals surface area (Å²) in [6, 6.07) is 16.9. The van der Waals surface area contributed by atoms with Gasteiger partial charge in [0.1, 0.15) is 18.5 Å². The summed E-state index contributed by atoms with van der Waals surface area (Å²) >= 11 is 0. The van der Waals surface area contributed by atoms with Crippen molar-refractivity contribution in [3.63, 3.8) is 0 Å². The van der Waals surface area contributed by atoms with Crippen molar-refractivity contribution in [2.75, 3.05) is 20.2 Å². The Balaban J connectivity index is 1.54. The zero-order chi connectivity index (χ0) is 16.2. The van der Waals surface area contributed by atoms with Crippen LogP contribution in [0.25, 0.3) is 0 Å². The van der Waals surface area contributed by atoms with Gasteiger partial charge in [-0.15, -0.1) is 0 Å². The van der Waals surface area contributed by atoms with Gasteiger partial charge < -0.3 is 9.84 Å². The number of rotatable bonds is 6. The third-order valence-electron chi connectivity index (χ3n) is 4.66. The van der Waals surface area contributed by atoms with E-state index in [-0.39, 0.29) is 0 Å². The lowest BCUT2D eigenvalue weighted by molar-refractivity contribution is 0.0627. The molecule has 3 nitrogen and oxygen atoms in total. The maximum atomic E-state index is 10.3. The standard InChI is InChI=1S/C20H25NO2/c1-15-7-3-6-10-20(15)23-14-17(22)13-21(2)19-12-11-16-8-4-5-9-18(16)19/h3-10,17,19,22H,11-14H2,1-2H3/t17-,19-/m1/s1. The quantitative estimate of drug-likeness (QED) is 0.888. The first-order chi connectivity index (χ1) is 11.1. The fourth-order valence-corrected chi connectivity index (χ4v) is 3.41. The van der Waals surface area contributed by atoms with E-state index in [1.54, 1.807) is 0 Å². The Bertz CT molecular complexity index is 656. The summed E-state index contributed by atoms with van der Waals surface area (Å²) in [4.78, 5) is 2.25. The molecule has 0 aliphatic heterocycles. The molecule has 122 valence electrons. The number of ether oxygens (including phenoxy) is 1. The van der Waals surface area contributed by atoms with E-state index in [4.69, 9.17) is 4.74 Å². The van der Waals surface area contributed by atoms with Gasteiger partial charge in [-0.1, -0.05) is 42.5 Å². The van der Waals surface area contributed by atoms with Crippen LogP contribution in [-0.4, -0.2) is 36.3 Å². The number of benzene rings is 2. The maximum absolute atomic E-state index is 10.3. The highest BCUT2D eigenvalue weighted by Crippen LogP contribution is 2.34. The van der Waals surface area contributed by atoms with Crippen LogP contribution >= 0.6 is 0 Å². The topological polar surface area (TPSA) is 32.7 Å². The summed E-state index contributed by atoms with van der Waals surface area (Å²) in [5.41, 5.74) is 3.94. The highest BCUT2D eigenvalue weighted by molar-refractivity contribution is 5.34. The van der Waals surface area contributed by atoms with Gasteiger partial charge in [-0.2, -0.15) is 0 Å². The molecule has 0 bridgehead atoms. The van der Waals surface area contributed by atoms with Crippen LogP contribution in [0.1, 0.15) is 29.2 Å². The molecule has 2 aromatic rings. The molecule has 0 amide bonds. The summed E-state index contributed by atoms with van der Waals surface area (Å²) in [7, 11) is 2.09. The first-order valence-electron chi connectivity index (χ1n) is 8.29. The molecule has 3 heteroatoms. The molecular weight excluding hydrogens is 286 g/mol. The van der Waals surface area contributed by atoms with Crippen LogP contribution in [0.4, 0.5) is 0 Å². The van der Waals surface area contributed by atoms with Crippen LogP contribution in [0.2, 0.25) is 0 Å². The monoisotopic (exact) mass is 311 g/mol. The van der Waals surface area contributed by atoms with Crippen LogP contribution in [0.3, 0.4) is 0 Å². The summed E-state index contributed by atoms with van der Waals surface area (Å²) in [5, 5.41) is 10.3. The van der Waals surface area contributed by atoms with Crippen molar-refractivity contribution in [2.24, 2.45) is 0 Å². The highest BCUT2D eigenvalue weighted by Gasteiger charge is 2.26. The zero-order valence-electron chi connectivity index (χ0n) is 13.9. The number of fused-ring (bicyclic) bond motifs is 1. The zero-order valence-corrected chi connectivity index (χ0v) is 13.9. The molecule has 23 heavy (non-hydrogen) atoms. The average Bonchev–Trinajstić information content (AvgIpc) is 2.98. The molecular formula is C20H25NO2. The fourth-order valence-electron chi connectivity index (χ4n) is 3.41. The number of hydrogen-bond acceptors (Lipinski definition) is 3. The molecule has 0 radical (unpaired) electrons. The molecule has 1 aliphatic rings. The Hall–Kier alpha value is -1.84. The van der Waals surface area contributed by atoms with Crippen LogP contribution in [0.15, 0.2) is 48.5 Å². The summed E-state index contributed by atoms with van der Waals surface area (Å²) in [5.74, 6) is 0.848. The first-order valence-corrected chi connectivity index (χ1v) is 8.29. The van der Waals surface area contributed by atoms with E-state index < -0.39 is 6.10 Å². The second kappa shape index (κ2) is 7.16. The van der Waals surface area contributed by atoms with E-state index in [1.165, 1.54) is 11.1 Å². The van der Waals surface area contributed by atoms with Crippen molar-refractivity contribution in [3.05, 3.63) is 65.2 Å². The number of nitrogens with zero attached hydrogens (tertiary/aromatic N) is 1. The Morgan fingerprint density at radius 3 is 2.74 bits per heavy atom. The van der Waals surface area contributed by atoms with E-state index >= 15 is 0 Å². The predicted octanol–water partition coefficient (Wildman–Crippen LogP) is 3.35. The minimum Gasteiger partial charge on any atom is -0.491 e. The minimum absolute atomic E-state index is 0.323. The Morgan fingerprint density at radius 2 is 1.91 bits per heavy atom. The van der Waals surface area contributed by atoms with Crippen LogP contribution < -0.4 is 4.74 Å². The summed E-state index contributed by atoms with van der Waals surface area (Å²) in [6.07, 6.45) is 1.76. The lowest BCUT2D eigenvalue weighted by atomic mass is 10.1. The Morgan fingerprint density at radius 1 is 1.17 bits per heavy atom. The van der Waals surface area contributed by atoms with Gasteiger partial charge >= 0.3 is 0 Å². The van der Waals surface area contributed by atoms with Crippen LogP contribution in [0.5, 0.6) is 5.75 Å². The SMILES string of the molecule is Cc1ccccc1OC[C@H](O)CN(C)[C@@H]1CCc2ccccc21. The van der Waals surface area contributed by atoms with Crippen molar-refractivity contribution < 1.29 is 9.84 Å². The van der Waals surface area contributed by atoms with Gasteiger partial charge in [0.25, 0.3) is 0 Å². The van der Waals surface area contributed by atoms with Gasteiger partial charge in [0, 0.05) is 12.6 Å². The van der Waals surface area contributed by atoms with Crippen LogP contribution in [-0.2, 0) is 6.42 Å². The van der Waals surface area contributed by atoms with E-state index in [2.05, 4.69) is 36.2 Å². The van der Waals surface area contributed by atoms with Crippen molar-refractivity contribution in [1.82, 2.24) is 4.90 Å². The molecule has 0 heterocycles. The van der Waals surface area contributed by atoms with Gasteiger partial charge in [-0.3, -0.25) is 4.90 Å². The van der Waals surface area contributed by atoms with Crippen molar-refractivity contribution in [1.29, 1.82) is 0 Å². The summed E-state index contributed by atoms with van der Waals surface area (Å²) in [6.45, 7) is 2.96. The molecule has 2 atom stereocenters. The van der Waals surface area contributed by atoms with E-state index in [0.29, 0.717) is 19.2 Å². The summed E-state index contributed by atoms with van der Waals surface area (Å²) < 4.78 is 5.75. The van der Waals surface area contributed by atoms with E-state index in [1.807, 2.05) is 31.2 Å². The Labute approximate surface area is 138 Å². The number of likely N-dealkylation sites (N-methyl/N-ethyl adjacent to an activating group) is 1. The van der Waals surface area contributed by atoms with Gasteiger partial charge in [0.05, 0.1) is 0 Å². The third kappa shape index (κ3) is 3.74. The minimum atomic E-state index is -0.493. The van der Waals surface area contributed by atoms with Gasteiger partial charge in [-0.25, -0.2) is 0 Å². The number of aryl methyl sites for hydroxylation is 2. The molecule has 0 unspecified atom stereocenters. The van der Waals surface area contributed by atoms with Crippen molar-refractivity contribution in [2.45, 2.75) is 31.9 Å². The number of para-hydroxylation sites is 1. The molecule has 0 spiro atoms. The molecule has 0 saturated carbocycles. The molecule has 0 aromatic heterocycles. The largest absolute Gasteiger partial charge is 0.491 e. The van der Waals surface area contributed by atoms with E-state index in [9.17, 15) is 5.11 Å². The molecule has 1 N–H and O–H groups in total. The second-order valence-electron chi connectivity index (χ2n) is 6.42. The smallest absolute Gasteiger partial charge is 0.122 e. The maximum Gasteiger partial charge on any atom is 0.122 e. The van der Waals surface area contributed by atoms with Crippen molar-refractivity contribution >= 4 is 0 Å².